The molecule has 0 aliphatic heterocycles. The molecule has 6 rings (SSSR count). The lowest BCUT2D eigenvalue weighted by atomic mass is 10.0. The zero-order chi connectivity index (χ0) is 15.7. The van der Waals surface area contributed by atoms with Crippen LogP contribution in [0.25, 0.3) is 52.8 Å². The van der Waals surface area contributed by atoms with E-state index < -0.39 is 0 Å². The second-order valence-electron chi connectivity index (χ2n) is 6.30. The van der Waals surface area contributed by atoms with E-state index in [0.29, 0.717) is 0 Å². The molecule has 0 radical (unpaired) electrons. The molecule has 0 saturated carbocycles. The van der Waals surface area contributed by atoms with Crippen LogP contribution in [0.2, 0.25) is 0 Å². The minimum Gasteiger partial charge on any atom is -0.354 e. The molecular formula is C22H13NS. The lowest BCUT2D eigenvalue weighted by Crippen LogP contribution is -1.73. The van der Waals surface area contributed by atoms with Crippen molar-refractivity contribution >= 4 is 64.1 Å². The van der Waals surface area contributed by atoms with E-state index in [2.05, 4.69) is 77.8 Å². The number of rotatable bonds is 0. The summed E-state index contributed by atoms with van der Waals surface area (Å²) in [5, 5.41) is 8.08. The van der Waals surface area contributed by atoms with E-state index in [9.17, 15) is 0 Å². The van der Waals surface area contributed by atoms with Crippen LogP contribution in [0.3, 0.4) is 0 Å². The van der Waals surface area contributed by atoms with E-state index in [-0.39, 0.29) is 0 Å². The normalized spacial score (nSPS) is 12.2. The van der Waals surface area contributed by atoms with Gasteiger partial charge in [0.2, 0.25) is 0 Å². The van der Waals surface area contributed by atoms with Gasteiger partial charge in [-0.1, -0.05) is 54.6 Å². The van der Waals surface area contributed by atoms with Gasteiger partial charge in [0.15, 0.2) is 0 Å². The zero-order valence-corrected chi connectivity index (χ0v) is 13.7. The number of nitrogens with one attached hydrogen (secondary N) is 1. The second kappa shape index (κ2) is 4.37. The Morgan fingerprint density at radius 1 is 0.583 bits per heavy atom. The Labute approximate surface area is 142 Å². The molecule has 6 aromatic rings. The van der Waals surface area contributed by atoms with Crippen molar-refractivity contribution < 1.29 is 0 Å². The Kier molecular flexibility index (Phi) is 2.29. The van der Waals surface area contributed by atoms with Gasteiger partial charge < -0.3 is 4.98 Å². The summed E-state index contributed by atoms with van der Waals surface area (Å²) in [5.41, 5.74) is 2.43. The Morgan fingerprint density at radius 2 is 1.42 bits per heavy atom. The number of benzene rings is 4. The van der Waals surface area contributed by atoms with Gasteiger partial charge in [0.25, 0.3) is 0 Å². The fourth-order valence-corrected chi connectivity index (χ4v) is 5.18. The highest BCUT2D eigenvalue weighted by atomic mass is 32.1. The van der Waals surface area contributed by atoms with Gasteiger partial charge in [-0.2, -0.15) is 0 Å². The average molecular weight is 323 g/mol. The summed E-state index contributed by atoms with van der Waals surface area (Å²) in [7, 11) is 0. The van der Waals surface area contributed by atoms with Crippen molar-refractivity contribution in [1.29, 1.82) is 0 Å². The molecule has 2 heterocycles. The number of aromatic amines is 1. The highest BCUT2D eigenvalue weighted by Gasteiger charge is 2.14. The van der Waals surface area contributed by atoms with Gasteiger partial charge in [-0.05, 0) is 29.0 Å². The van der Waals surface area contributed by atoms with Crippen molar-refractivity contribution in [2.24, 2.45) is 0 Å². The van der Waals surface area contributed by atoms with Crippen LogP contribution in [0.15, 0.2) is 72.8 Å². The molecule has 0 fully saturated rings. The van der Waals surface area contributed by atoms with Gasteiger partial charge >= 0.3 is 0 Å². The second-order valence-corrected chi connectivity index (χ2v) is 7.35. The lowest BCUT2D eigenvalue weighted by molar-refractivity contribution is 1.55. The quantitative estimate of drug-likeness (QED) is 0.315. The Balaban J connectivity index is 1.95. The number of fused-ring (bicyclic) bond motifs is 9. The molecule has 1 N–H and O–H groups in total. The summed E-state index contributed by atoms with van der Waals surface area (Å²) < 4.78 is 2.75. The first-order valence-corrected chi connectivity index (χ1v) is 8.95. The number of aromatic nitrogens is 1. The maximum Gasteiger partial charge on any atom is 0.0472 e. The van der Waals surface area contributed by atoms with Gasteiger partial charge in [0.1, 0.15) is 0 Å². The smallest absolute Gasteiger partial charge is 0.0472 e. The molecule has 0 saturated heterocycles. The molecule has 4 aromatic carbocycles. The van der Waals surface area contributed by atoms with Crippen molar-refractivity contribution in [3.05, 3.63) is 72.8 Å². The minimum atomic E-state index is 1.21. The third-order valence-electron chi connectivity index (χ3n) is 4.99. The molecule has 2 heteroatoms. The summed E-state index contributed by atoms with van der Waals surface area (Å²) in [6, 6.07) is 26.3. The predicted octanol–water partition coefficient (Wildman–Crippen LogP) is 6.84. The highest BCUT2D eigenvalue weighted by Crippen LogP contribution is 2.43. The van der Waals surface area contributed by atoms with Gasteiger partial charge in [0, 0.05) is 42.0 Å². The fourth-order valence-electron chi connectivity index (χ4n) is 3.93. The van der Waals surface area contributed by atoms with E-state index in [1.807, 2.05) is 11.3 Å². The maximum absolute atomic E-state index is 3.57. The van der Waals surface area contributed by atoms with Gasteiger partial charge in [0.05, 0.1) is 0 Å². The molecule has 24 heavy (non-hydrogen) atoms. The molecule has 2 aromatic heterocycles. The Morgan fingerprint density at radius 3 is 2.38 bits per heavy atom. The van der Waals surface area contributed by atoms with Crippen LogP contribution < -0.4 is 0 Å². The van der Waals surface area contributed by atoms with Crippen LogP contribution in [0.4, 0.5) is 0 Å². The summed E-state index contributed by atoms with van der Waals surface area (Å²) in [5.74, 6) is 0. The van der Waals surface area contributed by atoms with E-state index in [1.54, 1.807) is 0 Å². The molecule has 0 aliphatic carbocycles. The topological polar surface area (TPSA) is 15.8 Å². The SMILES string of the molecule is c1ccc2c(c1)ccc1c2sc2ccc3[nH]c4ccccc4c3c21. The number of H-pyrrole nitrogens is 1. The average Bonchev–Trinajstić information content (AvgIpc) is 3.19. The van der Waals surface area contributed by atoms with Crippen LogP contribution in [-0.4, -0.2) is 4.98 Å². The molecule has 0 aliphatic rings. The van der Waals surface area contributed by atoms with Crippen LogP contribution in [0.1, 0.15) is 0 Å². The number of para-hydroxylation sites is 1. The predicted molar refractivity (Wildman–Crippen MR) is 106 cm³/mol. The van der Waals surface area contributed by atoms with Crippen molar-refractivity contribution in [3.8, 4) is 0 Å². The first-order valence-electron chi connectivity index (χ1n) is 8.13. The monoisotopic (exact) mass is 323 g/mol. The van der Waals surface area contributed by atoms with E-state index >= 15 is 0 Å². The standard InChI is InChI=1S/C22H13NS/c1-2-6-14-13(5-1)9-10-16-21-19(24-22(14)16)12-11-18-20(21)15-7-3-4-8-17(15)23-18/h1-12,23H. The third kappa shape index (κ3) is 1.49. The first-order chi connectivity index (χ1) is 11.9. The van der Waals surface area contributed by atoms with Crippen molar-refractivity contribution in [2.45, 2.75) is 0 Å². The van der Waals surface area contributed by atoms with Crippen LogP contribution in [0.5, 0.6) is 0 Å². The Bertz CT molecular complexity index is 1400. The molecule has 0 amide bonds. The van der Waals surface area contributed by atoms with Crippen LogP contribution >= 0.6 is 11.3 Å². The lowest BCUT2D eigenvalue weighted by Gasteiger charge is -2.00. The highest BCUT2D eigenvalue weighted by molar-refractivity contribution is 7.26. The molecular weight excluding hydrogens is 310 g/mol. The van der Waals surface area contributed by atoms with Crippen molar-refractivity contribution in [2.75, 3.05) is 0 Å². The first kappa shape index (κ1) is 12.6. The van der Waals surface area contributed by atoms with Gasteiger partial charge in [-0.15, -0.1) is 11.3 Å². The minimum absolute atomic E-state index is 1.21. The van der Waals surface area contributed by atoms with E-state index in [4.69, 9.17) is 0 Å². The van der Waals surface area contributed by atoms with Gasteiger partial charge in [-0.3, -0.25) is 0 Å². The molecule has 0 bridgehead atoms. The summed E-state index contributed by atoms with van der Waals surface area (Å²) in [4.78, 5) is 3.57. The Hall–Kier alpha value is -2.84. The maximum atomic E-state index is 3.57. The molecule has 0 atom stereocenters. The summed E-state index contributed by atoms with van der Waals surface area (Å²) >= 11 is 1.90. The third-order valence-corrected chi connectivity index (χ3v) is 6.20. The molecule has 0 spiro atoms. The molecule has 1 nitrogen and oxygen atoms in total. The van der Waals surface area contributed by atoms with Crippen molar-refractivity contribution in [3.63, 3.8) is 0 Å². The number of hydrogen-bond acceptors (Lipinski definition) is 1. The molecule has 112 valence electrons. The summed E-state index contributed by atoms with van der Waals surface area (Å²) in [6.45, 7) is 0. The zero-order valence-electron chi connectivity index (χ0n) is 12.8. The van der Waals surface area contributed by atoms with Crippen LogP contribution in [-0.2, 0) is 0 Å². The summed E-state index contributed by atoms with van der Waals surface area (Å²) in [6.07, 6.45) is 0. The van der Waals surface area contributed by atoms with E-state index in [0.717, 1.165) is 0 Å². The fraction of sp³-hybridized carbons (Fsp3) is 0. The van der Waals surface area contributed by atoms with Crippen LogP contribution in [0, 0.1) is 0 Å². The van der Waals surface area contributed by atoms with Gasteiger partial charge in [-0.25, -0.2) is 0 Å². The van der Waals surface area contributed by atoms with Crippen molar-refractivity contribution in [1.82, 2.24) is 4.98 Å². The largest absolute Gasteiger partial charge is 0.354 e. The number of thiophene rings is 1. The molecule has 0 unspecified atom stereocenters. The van der Waals surface area contributed by atoms with E-state index in [1.165, 1.54) is 52.8 Å². The number of hydrogen-bond donors (Lipinski definition) is 1.